The third kappa shape index (κ3) is 2.74. The fourth-order valence-corrected chi connectivity index (χ4v) is 3.82. The number of halogens is 2. The molecule has 3 aromatic carbocycles. The summed E-state index contributed by atoms with van der Waals surface area (Å²) >= 11 is 12.4. The molecular weight excluding hydrogens is 353 g/mol. The molecule has 0 atom stereocenters. The van der Waals surface area contributed by atoms with E-state index in [1.165, 1.54) is 16.5 Å². The van der Waals surface area contributed by atoms with Crippen molar-refractivity contribution < 1.29 is 0 Å². The van der Waals surface area contributed by atoms with Crippen molar-refractivity contribution in [3.8, 4) is 0 Å². The van der Waals surface area contributed by atoms with Crippen LogP contribution in [0.4, 0.5) is 11.4 Å². The first-order chi connectivity index (χ1) is 12.1. The van der Waals surface area contributed by atoms with Crippen molar-refractivity contribution in [3.05, 3.63) is 69.7 Å². The van der Waals surface area contributed by atoms with Crippen LogP contribution >= 0.6 is 23.2 Å². The summed E-state index contributed by atoms with van der Waals surface area (Å²) in [6.07, 6.45) is 2.18. The molecule has 0 bridgehead atoms. The van der Waals surface area contributed by atoms with Gasteiger partial charge in [-0.3, -0.25) is 0 Å². The van der Waals surface area contributed by atoms with E-state index in [1.807, 2.05) is 25.2 Å². The van der Waals surface area contributed by atoms with Gasteiger partial charge in [0.05, 0.1) is 21.4 Å². The Morgan fingerprint density at radius 1 is 1.00 bits per heavy atom. The SMILES string of the molecule is CN(C(N)=Nc1ccc2c3c(cccc13)CC2)c1cccc(Cl)c1Cl. The number of nitrogens with zero attached hydrogens (tertiary/aromatic N) is 2. The fraction of sp³-hybridized carbons (Fsp3) is 0.150. The minimum Gasteiger partial charge on any atom is -0.369 e. The predicted octanol–water partition coefficient (Wildman–Crippen LogP) is 5.33. The Morgan fingerprint density at radius 2 is 1.72 bits per heavy atom. The third-order valence-corrected chi connectivity index (χ3v) is 5.53. The van der Waals surface area contributed by atoms with Crippen LogP contribution in [0.5, 0.6) is 0 Å². The van der Waals surface area contributed by atoms with E-state index in [0.29, 0.717) is 16.0 Å². The Hall–Kier alpha value is -2.23. The van der Waals surface area contributed by atoms with Crippen molar-refractivity contribution in [1.82, 2.24) is 0 Å². The van der Waals surface area contributed by atoms with Crippen LogP contribution in [-0.4, -0.2) is 13.0 Å². The third-order valence-electron chi connectivity index (χ3n) is 4.73. The van der Waals surface area contributed by atoms with Crippen molar-refractivity contribution in [3.63, 3.8) is 0 Å². The summed E-state index contributed by atoms with van der Waals surface area (Å²) < 4.78 is 0. The van der Waals surface area contributed by atoms with Crippen LogP contribution in [0.25, 0.3) is 10.8 Å². The molecule has 2 N–H and O–H groups in total. The molecule has 0 aromatic heterocycles. The number of rotatable bonds is 2. The lowest BCUT2D eigenvalue weighted by atomic mass is 10.0. The van der Waals surface area contributed by atoms with Gasteiger partial charge in [-0.25, -0.2) is 4.99 Å². The van der Waals surface area contributed by atoms with Crippen LogP contribution in [0.3, 0.4) is 0 Å². The molecule has 4 rings (SSSR count). The lowest BCUT2D eigenvalue weighted by molar-refractivity contribution is 1.02. The molecule has 25 heavy (non-hydrogen) atoms. The van der Waals surface area contributed by atoms with E-state index in [1.54, 1.807) is 11.0 Å². The summed E-state index contributed by atoms with van der Waals surface area (Å²) in [5.41, 5.74) is 10.6. The molecule has 0 saturated carbocycles. The lowest BCUT2D eigenvalue weighted by Crippen LogP contribution is -2.33. The quantitative estimate of drug-likeness (QED) is 0.490. The van der Waals surface area contributed by atoms with Crippen molar-refractivity contribution in [1.29, 1.82) is 0 Å². The summed E-state index contributed by atoms with van der Waals surface area (Å²) in [5.74, 6) is 0.364. The summed E-state index contributed by atoms with van der Waals surface area (Å²) in [4.78, 5) is 6.41. The maximum absolute atomic E-state index is 6.30. The average Bonchev–Trinajstić information content (AvgIpc) is 3.04. The van der Waals surface area contributed by atoms with Gasteiger partial charge in [0.2, 0.25) is 5.96 Å². The first-order valence-electron chi connectivity index (χ1n) is 8.11. The first kappa shape index (κ1) is 16.2. The molecule has 0 amide bonds. The zero-order chi connectivity index (χ0) is 17.6. The zero-order valence-corrected chi connectivity index (χ0v) is 15.3. The molecule has 1 aliphatic rings. The smallest absolute Gasteiger partial charge is 0.200 e. The molecule has 1 aliphatic carbocycles. The molecule has 0 unspecified atom stereocenters. The molecule has 0 heterocycles. The number of nitrogens with two attached hydrogens (primary N) is 1. The zero-order valence-electron chi connectivity index (χ0n) is 13.8. The molecule has 5 heteroatoms. The molecule has 3 nitrogen and oxygen atoms in total. The molecule has 126 valence electrons. The highest BCUT2D eigenvalue weighted by Crippen LogP contribution is 2.37. The summed E-state index contributed by atoms with van der Waals surface area (Å²) in [7, 11) is 1.83. The van der Waals surface area contributed by atoms with Crippen molar-refractivity contribution in [2.45, 2.75) is 12.8 Å². The summed E-state index contributed by atoms with van der Waals surface area (Å²) in [6.45, 7) is 0. The Morgan fingerprint density at radius 3 is 2.52 bits per heavy atom. The molecule has 0 radical (unpaired) electrons. The second-order valence-electron chi connectivity index (χ2n) is 6.19. The largest absolute Gasteiger partial charge is 0.369 e. The van der Waals surface area contributed by atoms with Gasteiger partial charge in [0.1, 0.15) is 0 Å². The summed E-state index contributed by atoms with van der Waals surface area (Å²) in [5, 5.41) is 3.41. The van der Waals surface area contributed by atoms with Crippen molar-refractivity contribution in [2.24, 2.45) is 10.7 Å². The Balaban J connectivity index is 1.79. The fourth-order valence-electron chi connectivity index (χ4n) is 3.40. The first-order valence-corrected chi connectivity index (χ1v) is 8.87. The van der Waals surface area contributed by atoms with Crippen LogP contribution in [0.1, 0.15) is 11.1 Å². The van der Waals surface area contributed by atoms with E-state index >= 15 is 0 Å². The Labute approximate surface area is 156 Å². The highest BCUT2D eigenvalue weighted by Gasteiger charge is 2.17. The van der Waals surface area contributed by atoms with E-state index < -0.39 is 0 Å². The number of benzene rings is 3. The van der Waals surface area contributed by atoms with Crippen LogP contribution in [-0.2, 0) is 12.8 Å². The monoisotopic (exact) mass is 369 g/mol. The van der Waals surface area contributed by atoms with E-state index in [2.05, 4.69) is 29.3 Å². The number of guanidine groups is 1. The predicted molar refractivity (Wildman–Crippen MR) is 108 cm³/mol. The normalized spacial score (nSPS) is 13.5. The summed E-state index contributed by atoms with van der Waals surface area (Å²) in [6, 6.07) is 16.0. The second kappa shape index (κ2) is 6.25. The van der Waals surface area contributed by atoms with Gasteiger partial charge < -0.3 is 10.6 Å². The number of aryl methyl sites for hydroxylation is 2. The van der Waals surface area contributed by atoms with Gasteiger partial charge in [0.25, 0.3) is 0 Å². The standard InChI is InChI=1S/C20H17Cl2N3/c1-25(17-7-3-6-15(21)19(17)22)20(23)24-16-11-10-13-9-8-12-4-2-5-14(16)18(12)13/h2-7,10-11H,8-9H2,1H3,(H2,23,24). The highest BCUT2D eigenvalue weighted by atomic mass is 35.5. The average molecular weight is 370 g/mol. The van der Waals surface area contributed by atoms with Gasteiger partial charge in [0.15, 0.2) is 0 Å². The molecule has 3 aromatic rings. The number of hydrogen-bond acceptors (Lipinski definition) is 1. The number of hydrogen-bond donors (Lipinski definition) is 1. The van der Waals surface area contributed by atoms with Gasteiger partial charge in [-0.15, -0.1) is 0 Å². The molecule has 0 fully saturated rings. The highest BCUT2D eigenvalue weighted by molar-refractivity contribution is 6.44. The van der Waals surface area contributed by atoms with Gasteiger partial charge in [0, 0.05) is 12.4 Å². The molecular formula is C20H17Cl2N3. The van der Waals surface area contributed by atoms with Gasteiger partial charge in [-0.05, 0) is 47.6 Å². The van der Waals surface area contributed by atoms with Crippen molar-refractivity contribution in [2.75, 3.05) is 11.9 Å². The van der Waals surface area contributed by atoms with Crippen molar-refractivity contribution >= 4 is 51.3 Å². The van der Waals surface area contributed by atoms with E-state index in [9.17, 15) is 0 Å². The maximum Gasteiger partial charge on any atom is 0.200 e. The molecule has 0 spiro atoms. The number of aliphatic imine (C=N–C) groups is 1. The van der Waals surface area contributed by atoms with Crippen LogP contribution < -0.4 is 10.6 Å². The Kier molecular flexibility index (Phi) is 4.06. The second-order valence-corrected chi connectivity index (χ2v) is 6.97. The van der Waals surface area contributed by atoms with Gasteiger partial charge in [-0.1, -0.05) is 53.5 Å². The molecule has 0 aliphatic heterocycles. The van der Waals surface area contributed by atoms with Crippen LogP contribution in [0.15, 0.2) is 53.5 Å². The Bertz CT molecular complexity index is 1000. The van der Waals surface area contributed by atoms with Crippen LogP contribution in [0, 0.1) is 0 Å². The number of anilines is 1. The van der Waals surface area contributed by atoms with Gasteiger partial charge in [-0.2, -0.15) is 0 Å². The topological polar surface area (TPSA) is 41.6 Å². The minimum atomic E-state index is 0.364. The molecule has 0 saturated heterocycles. The van der Waals surface area contributed by atoms with E-state index in [0.717, 1.165) is 29.6 Å². The minimum absolute atomic E-state index is 0.364. The van der Waals surface area contributed by atoms with Gasteiger partial charge >= 0.3 is 0 Å². The maximum atomic E-state index is 6.30. The van der Waals surface area contributed by atoms with Crippen LogP contribution in [0.2, 0.25) is 10.0 Å². The van der Waals surface area contributed by atoms with E-state index in [-0.39, 0.29) is 0 Å². The van der Waals surface area contributed by atoms with E-state index in [4.69, 9.17) is 28.9 Å². The lowest BCUT2D eigenvalue weighted by Gasteiger charge is -2.20.